The predicted molar refractivity (Wildman–Crippen MR) is 62.4 cm³/mol. The lowest BCUT2D eigenvalue weighted by Gasteiger charge is -2.06. The molecular weight excluding hydrogens is 200 g/mol. The smallest absolute Gasteiger partial charge is 0.140 e. The van der Waals surface area contributed by atoms with Crippen LogP contribution in [0.5, 0.6) is 0 Å². The highest BCUT2D eigenvalue weighted by atomic mass is 16.5. The molecule has 0 aromatic carbocycles. The third-order valence-corrected chi connectivity index (χ3v) is 3.93. The SMILES string of the molecule is C1CCc2noc(CC3CCNC3)c2CC1. The maximum Gasteiger partial charge on any atom is 0.140 e. The first-order valence-electron chi connectivity index (χ1n) is 6.60. The quantitative estimate of drug-likeness (QED) is 0.776. The highest BCUT2D eigenvalue weighted by molar-refractivity contribution is 5.25. The molecule has 2 aliphatic rings. The van der Waals surface area contributed by atoms with Gasteiger partial charge in [0, 0.05) is 12.0 Å². The summed E-state index contributed by atoms with van der Waals surface area (Å²) >= 11 is 0. The molecule has 0 radical (unpaired) electrons. The van der Waals surface area contributed by atoms with Crippen molar-refractivity contribution in [3.63, 3.8) is 0 Å². The average molecular weight is 220 g/mol. The average Bonchev–Trinajstić information content (AvgIpc) is 2.86. The van der Waals surface area contributed by atoms with Crippen LogP contribution in [0.15, 0.2) is 4.52 Å². The summed E-state index contributed by atoms with van der Waals surface area (Å²) < 4.78 is 5.56. The van der Waals surface area contributed by atoms with Crippen molar-refractivity contribution in [2.24, 2.45) is 5.92 Å². The highest BCUT2D eigenvalue weighted by Crippen LogP contribution is 2.26. The van der Waals surface area contributed by atoms with Crippen LogP contribution >= 0.6 is 0 Å². The summed E-state index contributed by atoms with van der Waals surface area (Å²) in [5, 5.41) is 7.68. The fraction of sp³-hybridized carbons (Fsp3) is 0.769. The van der Waals surface area contributed by atoms with Crippen molar-refractivity contribution in [3.8, 4) is 0 Å². The number of hydrogen-bond acceptors (Lipinski definition) is 3. The van der Waals surface area contributed by atoms with Gasteiger partial charge in [0.05, 0.1) is 5.69 Å². The van der Waals surface area contributed by atoms with Gasteiger partial charge in [-0.2, -0.15) is 0 Å². The molecule has 1 atom stereocenters. The van der Waals surface area contributed by atoms with Crippen LogP contribution in [0, 0.1) is 5.92 Å². The van der Waals surface area contributed by atoms with E-state index in [0.717, 1.165) is 25.3 Å². The lowest BCUT2D eigenvalue weighted by Crippen LogP contribution is -2.11. The van der Waals surface area contributed by atoms with Gasteiger partial charge in [-0.3, -0.25) is 0 Å². The minimum atomic E-state index is 0.764. The second-order valence-electron chi connectivity index (χ2n) is 5.15. The van der Waals surface area contributed by atoms with E-state index in [1.165, 1.54) is 55.7 Å². The van der Waals surface area contributed by atoms with Gasteiger partial charge in [0.25, 0.3) is 0 Å². The zero-order valence-electron chi connectivity index (χ0n) is 9.80. The Morgan fingerprint density at radius 1 is 1.25 bits per heavy atom. The molecule has 1 fully saturated rings. The molecule has 0 saturated carbocycles. The lowest BCUT2D eigenvalue weighted by molar-refractivity contribution is 0.355. The van der Waals surface area contributed by atoms with Crippen molar-refractivity contribution in [1.82, 2.24) is 10.5 Å². The van der Waals surface area contributed by atoms with Gasteiger partial charge in [-0.25, -0.2) is 0 Å². The zero-order valence-corrected chi connectivity index (χ0v) is 9.80. The summed E-state index contributed by atoms with van der Waals surface area (Å²) in [6, 6.07) is 0. The summed E-state index contributed by atoms with van der Waals surface area (Å²) in [7, 11) is 0. The van der Waals surface area contributed by atoms with E-state index in [1.54, 1.807) is 0 Å². The predicted octanol–water partition coefficient (Wildman–Crippen LogP) is 2.10. The van der Waals surface area contributed by atoms with E-state index in [2.05, 4.69) is 10.5 Å². The Labute approximate surface area is 96.6 Å². The molecule has 88 valence electrons. The Morgan fingerprint density at radius 2 is 2.19 bits per heavy atom. The molecule has 1 aromatic heterocycles. The maximum atomic E-state index is 5.56. The number of fused-ring (bicyclic) bond motifs is 1. The fourth-order valence-electron chi connectivity index (χ4n) is 2.94. The largest absolute Gasteiger partial charge is 0.361 e. The Morgan fingerprint density at radius 3 is 3.06 bits per heavy atom. The monoisotopic (exact) mass is 220 g/mol. The van der Waals surface area contributed by atoms with Gasteiger partial charge in [-0.1, -0.05) is 11.6 Å². The molecule has 16 heavy (non-hydrogen) atoms. The molecule has 0 spiro atoms. The van der Waals surface area contributed by atoms with E-state index < -0.39 is 0 Å². The molecule has 1 N–H and O–H groups in total. The topological polar surface area (TPSA) is 38.1 Å². The van der Waals surface area contributed by atoms with Gasteiger partial charge in [-0.05, 0) is 51.1 Å². The van der Waals surface area contributed by atoms with Crippen molar-refractivity contribution >= 4 is 0 Å². The Bertz CT molecular complexity index is 353. The van der Waals surface area contributed by atoms with Gasteiger partial charge in [0.15, 0.2) is 0 Å². The first kappa shape index (κ1) is 10.3. The summed E-state index contributed by atoms with van der Waals surface area (Å²) in [6.45, 7) is 2.32. The van der Waals surface area contributed by atoms with E-state index in [4.69, 9.17) is 4.52 Å². The minimum Gasteiger partial charge on any atom is -0.361 e. The van der Waals surface area contributed by atoms with Crippen molar-refractivity contribution in [2.45, 2.75) is 44.9 Å². The molecule has 0 bridgehead atoms. The summed E-state index contributed by atoms with van der Waals surface area (Å²) in [5.74, 6) is 1.95. The third kappa shape index (κ3) is 2.01. The second-order valence-corrected chi connectivity index (χ2v) is 5.15. The van der Waals surface area contributed by atoms with Crippen LogP contribution in [0.25, 0.3) is 0 Å². The van der Waals surface area contributed by atoms with Crippen LogP contribution in [0.1, 0.15) is 42.7 Å². The normalized spacial score (nSPS) is 25.4. The van der Waals surface area contributed by atoms with E-state index in [0.29, 0.717) is 0 Å². The molecule has 1 unspecified atom stereocenters. The molecule has 1 aromatic rings. The third-order valence-electron chi connectivity index (χ3n) is 3.93. The number of nitrogens with one attached hydrogen (secondary N) is 1. The zero-order chi connectivity index (χ0) is 10.8. The molecule has 1 aliphatic carbocycles. The Balaban J connectivity index is 1.76. The highest BCUT2D eigenvalue weighted by Gasteiger charge is 2.22. The van der Waals surface area contributed by atoms with Crippen LogP contribution in [0.3, 0.4) is 0 Å². The van der Waals surface area contributed by atoms with E-state index >= 15 is 0 Å². The van der Waals surface area contributed by atoms with Gasteiger partial charge >= 0.3 is 0 Å². The summed E-state index contributed by atoms with van der Waals surface area (Å²) in [6.07, 6.45) is 8.63. The van der Waals surface area contributed by atoms with Crippen molar-refractivity contribution < 1.29 is 4.52 Å². The molecule has 2 heterocycles. The fourth-order valence-corrected chi connectivity index (χ4v) is 2.94. The maximum absolute atomic E-state index is 5.56. The lowest BCUT2D eigenvalue weighted by atomic mass is 9.98. The molecule has 3 heteroatoms. The van der Waals surface area contributed by atoms with Crippen molar-refractivity contribution in [2.75, 3.05) is 13.1 Å². The molecule has 0 amide bonds. The number of aryl methyl sites for hydroxylation is 1. The molecule has 1 aliphatic heterocycles. The van der Waals surface area contributed by atoms with Crippen molar-refractivity contribution in [1.29, 1.82) is 0 Å². The molecule has 3 rings (SSSR count). The Kier molecular flexibility index (Phi) is 2.96. The molecule has 1 saturated heterocycles. The van der Waals surface area contributed by atoms with Crippen LogP contribution in [0.2, 0.25) is 0 Å². The van der Waals surface area contributed by atoms with Gasteiger partial charge in [0.1, 0.15) is 5.76 Å². The van der Waals surface area contributed by atoms with E-state index in [-0.39, 0.29) is 0 Å². The summed E-state index contributed by atoms with van der Waals surface area (Å²) in [5.41, 5.74) is 2.70. The number of hydrogen-bond donors (Lipinski definition) is 1. The number of rotatable bonds is 2. The first-order valence-corrected chi connectivity index (χ1v) is 6.60. The van der Waals surface area contributed by atoms with Crippen LogP contribution in [-0.2, 0) is 19.3 Å². The molecular formula is C13H20N2O. The minimum absolute atomic E-state index is 0.764. The standard InChI is InChI=1S/C13H20N2O/c1-2-4-11-12(5-3-1)15-16-13(11)8-10-6-7-14-9-10/h10,14H,1-9H2. The molecule has 3 nitrogen and oxygen atoms in total. The van der Waals surface area contributed by atoms with E-state index in [9.17, 15) is 0 Å². The van der Waals surface area contributed by atoms with Gasteiger partial charge < -0.3 is 9.84 Å². The van der Waals surface area contributed by atoms with E-state index in [1.807, 2.05) is 0 Å². The summed E-state index contributed by atoms with van der Waals surface area (Å²) in [4.78, 5) is 0. The number of aromatic nitrogens is 1. The Hall–Kier alpha value is -0.830. The van der Waals surface area contributed by atoms with Crippen LogP contribution < -0.4 is 5.32 Å². The first-order chi connectivity index (χ1) is 7.93. The van der Waals surface area contributed by atoms with Crippen molar-refractivity contribution in [3.05, 3.63) is 17.0 Å². The second kappa shape index (κ2) is 4.58. The van der Waals surface area contributed by atoms with Gasteiger partial charge in [-0.15, -0.1) is 0 Å². The van der Waals surface area contributed by atoms with Crippen LogP contribution in [0.4, 0.5) is 0 Å². The van der Waals surface area contributed by atoms with Crippen LogP contribution in [-0.4, -0.2) is 18.2 Å². The van der Waals surface area contributed by atoms with Gasteiger partial charge in [0.2, 0.25) is 0 Å². The number of nitrogens with zero attached hydrogens (tertiary/aromatic N) is 1.